The lowest BCUT2D eigenvalue weighted by Gasteiger charge is -2.34. The van der Waals surface area contributed by atoms with Crippen LogP contribution < -0.4 is 5.76 Å². The van der Waals surface area contributed by atoms with Gasteiger partial charge in [0.05, 0.1) is 10.4 Å². The van der Waals surface area contributed by atoms with Gasteiger partial charge in [-0.2, -0.15) is 4.31 Å². The second-order valence-electron chi connectivity index (χ2n) is 6.76. The number of hydrogen-bond donors (Lipinski definition) is 0. The normalized spacial score (nSPS) is 15.7. The number of hydrogen-bond acceptors (Lipinski definition) is 5. The Hall–Kier alpha value is -2.62. The maximum Gasteiger partial charge on any atom is 0.419 e. The largest absolute Gasteiger partial charge is 0.419 e. The molecule has 3 aromatic rings. The highest BCUT2D eigenvalue weighted by Crippen LogP contribution is 2.23. The predicted molar refractivity (Wildman–Crippen MR) is 108 cm³/mol. The van der Waals surface area contributed by atoms with E-state index in [0.29, 0.717) is 16.1 Å². The molecule has 152 valence electrons. The molecular weight excluding hydrogens is 418 g/mol. The zero-order valence-electron chi connectivity index (χ0n) is 15.5. The summed E-state index contributed by atoms with van der Waals surface area (Å²) >= 11 is 5.94. The second-order valence-corrected chi connectivity index (χ2v) is 9.14. The van der Waals surface area contributed by atoms with Gasteiger partial charge in [-0.05, 0) is 30.3 Å². The van der Waals surface area contributed by atoms with E-state index in [0.717, 1.165) is 0 Å². The van der Waals surface area contributed by atoms with Gasteiger partial charge in [0.15, 0.2) is 5.58 Å². The van der Waals surface area contributed by atoms with Crippen molar-refractivity contribution < 1.29 is 17.6 Å². The lowest BCUT2D eigenvalue weighted by Crippen LogP contribution is -2.50. The van der Waals surface area contributed by atoms with E-state index < -0.39 is 15.8 Å². The van der Waals surface area contributed by atoms with E-state index in [-0.39, 0.29) is 42.6 Å². The zero-order chi connectivity index (χ0) is 20.8. The molecule has 0 N–H and O–H groups in total. The fraction of sp³-hybridized carbons (Fsp3) is 0.263. The quantitative estimate of drug-likeness (QED) is 0.626. The minimum Gasteiger partial charge on any atom is -0.408 e. The van der Waals surface area contributed by atoms with E-state index in [1.165, 1.54) is 21.0 Å². The average Bonchev–Trinajstić information content (AvgIpc) is 3.00. The molecule has 0 unspecified atom stereocenters. The molecule has 1 saturated heterocycles. The molecule has 2 aromatic carbocycles. The van der Waals surface area contributed by atoms with Crippen molar-refractivity contribution in [1.29, 1.82) is 0 Å². The summed E-state index contributed by atoms with van der Waals surface area (Å²) in [7, 11) is -2.22. The molecule has 4 rings (SSSR count). The number of piperazine rings is 1. The van der Waals surface area contributed by atoms with Gasteiger partial charge in [0.2, 0.25) is 10.0 Å². The van der Waals surface area contributed by atoms with Crippen LogP contribution in [0.15, 0.2) is 56.6 Å². The van der Waals surface area contributed by atoms with Crippen molar-refractivity contribution in [2.45, 2.75) is 4.90 Å². The SMILES string of the molecule is Cn1c(=O)oc2cc(S(=O)(=O)N3CCN(C(=O)c4cccc(Cl)c4)CC3)ccc21. The number of carbonyl (C=O) groups is 1. The van der Waals surface area contributed by atoms with E-state index in [1.807, 2.05) is 0 Å². The predicted octanol–water partition coefficient (Wildman–Crippen LogP) is 1.93. The summed E-state index contributed by atoms with van der Waals surface area (Å²) in [4.78, 5) is 25.9. The maximum atomic E-state index is 13.0. The number of sulfonamides is 1. The first-order valence-electron chi connectivity index (χ1n) is 8.92. The number of aryl methyl sites for hydroxylation is 1. The van der Waals surface area contributed by atoms with E-state index in [4.69, 9.17) is 16.0 Å². The van der Waals surface area contributed by atoms with Gasteiger partial charge < -0.3 is 9.32 Å². The molecule has 0 aliphatic carbocycles. The third kappa shape index (κ3) is 3.57. The Bertz CT molecular complexity index is 1260. The van der Waals surface area contributed by atoms with Gasteiger partial charge in [-0.3, -0.25) is 9.36 Å². The highest BCUT2D eigenvalue weighted by Gasteiger charge is 2.31. The summed E-state index contributed by atoms with van der Waals surface area (Å²) in [6, 6.07) is 11.0. The van der Waals surface area contributed by atoms with Crippen molar-refractivity contribution in [3.63, 3.8) is 0 Å². The third-order valence-corrected chi connectivity index (χ3v) is 7.13. The van der Waals surface area contributed by atoms with Crippen LogP contribution in [-0.2, 0) is 17.1 Å². The summed E-state index contributed by atoms with van der Waals surface area (Å²) in [6.45, 7) is 0.886. The summed E-state index contributed by atoms with van der Waals surface area (Å²) in [5.74, 6) is -0.736. The topological polar surface area (TPSA) is 92.8 Å². The van der Waals surface area contributed by atoms with Crippen LogP contribution in [0.4, 0.5) is 0 Å². The molecule has 0 saturated carbocycles. The van der Waals surface area contributed by atoms with Gasteiger partial charge in [0.25, 0.3) is 5.91 Å². The molecule has 1 aliphatic rings. The number of rotatable bonds is 3. The summed E-state index contributed by atoms with van der Waals surface area (Å²) < 4.78 is 33.7. The van der Waals surface area contributed by atoms with Crippen LogP contribution in [0, 0.1) is 0 Å². The standard InChI is InChI=1S/C19H18ClN3O5S/c1-21-16-6-5-15(12-17(16)28-19(21)25)29(26,27)23-9-7-22(8-10-23)18(24)13-3-2-4-14(20)11-13/h2-6,11-12H,7-10H2,1H3. The summed E-state index contributed by atoms with van der Waals surface area (Å²) in [5, 5.41) is 0.472. The first kappa shape index (κ1) is 19.7. The van der Waals surface area contributed by atoms with Crippen LogP contribution in [0.1, 0.15) is 10.4 Å². The Labute approximate surface area is 171 Å². The molecule has 8 nitrogen and oxygen atoms in total. The van der Waals surface area contributed by atoms with Crippen LogP contribution in [0.25, 0.3) is 11.1 Å². The molecule has 0 radical (unpaired) electrons. The van der Waals surface area contributed by atoms with E-state index >= 15 is 0 Å². The number of benzene rings is 2. The van der Waals surface area contributed by atoms with Gasteiger partial charge in [0, 0.05) is 49.9 Å². The molecule has 1 fully saturated rings. The van der Waals surface area contributed by atoms with Crippen LogP contribution >= 0.6 is 11.6 Å². The molecule has 2 heterocycles. The second kappa shape index (κ2) is 7.33. The number of fused-ring (bicyclic) bond motifs is 1. The van der Waals surface area contributed by atoms with E-state index in [1.54, 1.807) is 42.3 Å². The van der Waals surface area contributed by atoms with Crippen molar-refractivity contribution in [1.82, 2.24) is 13.8 Å². The van der Waals surface area contributed by atoms with Gasteiger partial charge in [-0.25, -0.2) is 13.2 Å². The van der Waals surface area contributed by atoms with Crippen LogP contribution in [-0.4, -0.2) is 54.3 Å². The van der Waals surface area contributed by atoms with Gasteiger partial charge >= 0.3 is 5.76 Å². The van der Waals surface area contributed by atoms with Gasteiger partial charge in [-0.15, -0.1) is 0 Å². The molecular formula is C19H18ClN3O5S. The van der Waals surface area contributed by atoms with Crippen LogP contribution in [0.5, 0.6) is 0 Å². The Kier molecular flexibility index (Phi) is 4.97. The lowest BCUT2D eigenvalue weighted by atomic mass is 10.2. The highest BCUT2D eigenvalue weighted by atomic mass is 35.5. The van der Waals surface area contributed by atoms with Gasteiger partial charge in [0.1, 0.15) is 0 Å². The first-order chi connectivity index (χ1) is 13.8. The summed E-state index contributed by atoms with van der Waals surface area (Å²) in [5.41, 5.74) is 1.21. The van der Waals surface area contributed by atoms with E-state index in [9.17, 15) is 18.0 Å². The Balaban J connectivity index is 1.51. The Morgan fingerprint density at radius 2 is 1.79 bits per heavy atom. The molecule has 1 aliphatic heterocycles. The Morgan fingerprint density at radius 3 is 2.48 bits per heavy atom. The average molecular weight is 436 g/mol. The number of amides is 1. The van der Waals surface area contributed by atoms with Crippen LogP contribution in [0.3, 0.4) is 0 Å². The molecule has 29 heavy (non-hydrogen) atoms. The smallest absolute Gasteiger partial charge is 0.408 e. The van der Waals surface area contributed by atoms with E-state index in [2.05, 4.69) is 0 Å². The highest BCUT2D eigenvalue weighted by molar-refractivity contribution is 7.89. The molecule has 1 amide bonds. The molecule has 0 spiro atoms. The minimum atomic E-state index is -3.77. The fourth-order valence-corrected chi connectivity index (χ4v) is 4.99. The first-order valence-corrected chi connectivity index (χ1v) is 10.7. The van der Waals surface area contributed by atoms with Crippen molar-refractivity contribution in [2.24, 2.45) is 7.05 Å². The monoisotopic (exact) mass is 435 g/mol. The third-order valence-electron chi connectivity index (χ3n) is 5.00. The molecule has 10 heteroatoms. The maximum absolute atomic E-state index is 13.0. The molecule has 1 aromatic heterocycles. The zero-order valence-corrected chi connectivity index (χ0v) is 17.1. The number of oxazole rings is 1. The van der Waals surface area contributed by atoms with Crippen LogP contribution in [0.2, 0.25) is 5.02 Å². The number of halogens is 1. The van der Waals surface area contributed by atoms with Crippen molar-refractivity contribution >= 4 is 38.6 Å². The van der Waals surface area contributed by atoms with Crippen molar-refractivity contribution in [2.75, 3.05) is 26.2 Å². The van der Waals surface area contributed by atoms with Gasteiger partial charge in [-0.1, -0.05) is 17.7 Å². The summed E-state index contributed by atoms with van der Waals surface area (Å²) in [6.07, 6.45) is 0. The number of aromatic nitrogens is 1. The van der Waals surface area contributed by atoms with Crippen molar-refractivity contribution in [3.05, 3.63) is 63.6 Å². The fourth-order valence-electron chi connectivity index (χ4n) is 3.36. The molecule has 0 bridgehead atoms. The lowest BCUT2D eigenvalue weighted by molar-refractivity contribution is 0.0698. The number of carbonyl (C=O) groups excluding carboxylic acids is 1. The number of nitrogens with zero attached hydrogens (tertiary/aromatic N) is 3. The minimum absolute atomic E-state index is 0.0500. The molecule has 0 atom stereocenters. The van der Waals surface area contributed by atoms with Crippen molar-refractivity contribution in [3.8, 4) is 0 Å². The Morgan fingerprint density at radius 1 is 1.07 bits per heavy atom.